The first-order valence-corrected chi connectivity index (χ1v) is 11.8. The molecule has 29 heavy (non-hydrogen) atoms. The number of methoxy groups -OCH3 is 1. The van der Waals surface area contributed by atoms with E-state index in [1.54, 1.807) is 20.8 Å². The predicted octanol–water partition coefficient (Wildman–Crippen LogP) is 2.09. The van der Waals surface area contributed by atoms with Crippen LogP contribution in [-0.4, -0.2) is 75.7 Å². The molecule has 1 amide bonds. The zero-order chi connectivity index (χ0) is 21.8. The molecule has 0 aromatic carbocycles. The Balaban J connectivity index is 1.94. The maximum atomic E-state index is 12.6. The summed E-state index contributed by atoms with van der Waals surface area (Å²) in [6.07, 6.45) is 3.09. The van der Waals surface area contributed by atoms with Gasteiger partial charge in [-0.1, -0.05) is 0 Å². The minimum absolute atomic E-state index is 0.00808. The van der Waals surface area contributed by atoms with Crippen molar-refractivity contribution in [3.8, 4) is 0 Å². The number of rotatable bonds is 6. The first kappa shape index (κ1) is 23.9. The summed E-state index contributed by atoms with van der Waals surface area (Å²) in [7, 11) is -2.24. The lowest BCUT2D eigenvalue weighted by Gasteiger charge is -2.31. The Kier molecular flexibility index (Phi) is 7.92. The highest BCUT2D eigenvalue weighted by Gasteiger charge is 2.40. The molecular weight excluding hydrogens is 402 g/mol. The Morgan fingerprint density at radius 1 is 1.07 bits per heavy atom. The van der Waals surface area contributed by atoms with Gasteiger partial charge in [0.15, 0.2) is 0 Å². The third-order valence-electron chi connectivity index (χ3n) is 5.05. The van der Waals surface area contributed by atoms with Gasteiger partial charge in [-0.05, 0) is 52.9 Å². The van der Waals surface area contributed by atoms with Gasteiger partial charge in [0.25, 0.3) is 10.1 Å². The molecule has 0 unspecified atom stereocenters. The Bertz CT molecular complexity index is 679. The van der Waals surface area contributed by atoms with Crippen molar-refractivity contribution < 1.29 is 36.4 Å². The van der Waals surface area contributed by atoms with Crippen LogP contribution in [0.3, 0.4) is 0 Å². The van der Waals surface area contributed by atoms with Crippen molar-refractivity contribution in [1.82, 2.24) is 4.90 Å². The highest BCUT2D eigenvalue weighted by atomic mass is 32.2. The summed E-state index contributed by atoms with van der Waals surface area (Å²) in [5.41, 5.74) is -0.662. The molecule has 0 radical (unpaired) electrons. The first-order chi connectivity index (χ1) is 13.4. The number of carbonyl (C=O) groups excluding carboxylic acids is 2. The summed E-state index contributed by atoms with van der Waals surface area (Å²) < 4.78 is 44.3. The van der Waals surface area contributed by atoms with Gasteiger partial charge in [0.2, 0.25) is 0 Å². The first-order valence-electron chi connectivity index (χ1n) is 9.95. The maximum Gasteiger partial charge on any atom is 0.410 e. The van der Waals surface area contributed by atoms with E-state index in [9.17, 15) is 18.0 Å². The largest absolute Gasteiger partial charge is 0.469 e. The van der Waals surface area contributed by atoms with Gasteiger partial charge in [0.1, 0.15) is 5.60 Å². The SMILES string of the molecule is COC(=O)C1CCC(OC[C@@H]2C[C@@H](OS(C)(=O)=O)CN2C(=O)OC(C)(C)C)CC1. The van der Waals surface area contributed by atoms with Crippen molar-refractivity contribution in [1.29, 1.82) is 0 Å². The van der Waals surface area contributed by atoms with E-state index in [0.717, 1.165) is 19.1 Å². The third-order valence-corrected chi connectivity index (χ3v) is 5.67. The quantitative estimate of drug-likeness (QED) is 0.461. The fourth-order valence-corrected chi connectivity index (χ4v) is 4.41. The lowest BCUT2D eigenvalue weighted by atomic mass is 9.87. The molecule has 0 bridgehead atoms. The summed E-state index contributed by atoms with van der Waals surface area (Å²) in [5, 5.41) is 0. The van der Waals surface area contributed by atoms with E-state index in [1.807, 2.05) is 0 Å². The van der Waals surface area contributed by atoms with Gasteiger partial charge >= 0.3 is 12.1 Å². The van der Waals surface area contributed by atoms with E-state index in [4.69, 9.17) is 18.4 Å². The van der Waals surface area contributed by atoms with Crippen molar-refractivity contribution >= 4 is 22.2 Å². The average Bonchev–Trinajstić information content (AvgIpc) is 2.99. The number of esters is 1. The minimum atomic E-state index is -3.63. The second-order valence-electron chi connectivity index (χ2n) is 8.77. The molecule has 10 heteroatoms. The molecule has 2 rings (SSSR count). The van der Waals surface area contributed by atoms with Crippen LogP contribution in [0, 0.1) is 5.92 Å². The third kappa shape index (κ3) is 7.75. The number of likely N-dealkylation sites (tertiary alicyclic amines) is 1. The molecule has 1 saturated carbocycles. The van der Waals surface area contributed by atoms with Crippen LogP contribution in [0.15, 0.2) is 0 Å². The molecule has 0 aromatic heterocycles. The summed E-state index contributed by atoms with van der Waals surface area (Å²) in [4.78, 5) is 25.7. The second kappa shape index (κ2) is 9.61. The van der Waals surface area contributed by atoms with E-state index in [1.165, 1.54) is 12.0 Å². The summed E-state index contributed by atoms with van der Waals surface area (Å²) >= 11 is 0. The van der Waals surface area contributed by atoms with Crippen LogP contribution in [0.4, 0.5) is 4.79 Å². The van der Waals surface area contributed by atoms with E-state index in [-0.39, 0.29) is 37.2 Å². The molecule has 9 nitrogen and oxygen atoms in total. The van der Waals surface area contributed by atoms with Gasteiger partial charge in [-0.2, -0.15) is 8.42 Å². The topological polar surface area (TPSA) is 108 Å². The molecule has 1 heterocycles. The predicted molar refractivity (Wildman–Crippen MR) is 105 cm³/mol. The lowest BCUT2D eigenvalue weighted by Crippen LogP contribution is -2.42. The van der Waals surface area contributed by atoms with Gasteiger partial charge < -0.3 is 19.1 Å². The van der Waals surface area contributed by atoms with Crippen LogP contribution in [-0.2, 0) is 33.3 Å². The molecule has 2 aliphatic rings. The summed E-state index contributed by atoms with van der Waals surface area (Å²) in [6, 6.07) is -0.338. The van der Waals surface area contributed by atoms with Crippen LogP contribution in [0.5, 0.6) is 0 Å². The molecular formula is C19H33NO8S. The molecule has 168 valence electrons. The molecule has 1 aliphatic heterocycles. The van der Waals surface area contributed by atoms with Crippen molar-refractivity contribution in [2.45, 2.75) is 76.7 Å². The van der Waals surface area contributed by atoms with Crippen molar-refractivity contribution in [3.63, 3.8) is 0 Å². The summed E-state index contributed by atoms with van der Waals surface area (Å²) in [6.45, 7) is 5.71. The average molecular weight is 436 g/mol. The fraction of sp³-hybridized carbons (Fsp3) is 0.895. The van der Waals surface area contributed by atoms with Crippen LogP contribution in [0.25, 0.3) is 0 Å². The van der Waals surface area contributed by atoms with E-state index in [0.29, 0.717) is 19.3 Å². The number of hydrogen-bond donors (Lipinski definition) is 0. The Hall–Kier alpha value is -1.39. The van der Waals surface area contributed by atoms with Crippen LogP contribution < -0.4 is 0 Å². The van der Waals surface area contributed by atoms with E-state index < -0.39 is 27.9 Å². The second-order valence-corrected chi connectivity index (χ2v) is 10.4. The number of amides is 1. The summed E-state index contributed by atoms with van der Waals surface area (Å²) in [5.74, 6) is -0.270. The molecule has 2 atom stereocenters. The monoisotopic (exact) mass is 435 g/mol. The van der Waals surface area contributed by atoms with Crippen molar-refractivity contribution in [2.75, 3.05) is 26.5 Å². The van der Waals surface area contributed by atoms with E-state index >= 15 is 0 Å². The normalized spacial score (nSPS) is 28.2. The van der Waals surface area contributed by atoms with Gasteiger partial charge in [-0.3, -0.25) is 8.98 Å². The zero-order valence-corrected chi connectivity index (χ0v) is 18.7. The molecule has 1 aliphatic carbocycles. The minimum Gasteiger partial charge on any atom is -0.469 e. The van der Waals surface area contributed by atoms with Crippen LogP contribution in [0.1, 0.15) is 52.9 Å². The maximum absolute atomic E-state index is 12.6. The Morgan fingerprint density at radius 2 is 1.69 bits per heavy atom. The van der Waals surface area contributed by atoms with E-state index in [2.05, 4.69) is 0 Å². The highest BCUT2D eigenvalue weighted by Crippen LogP contribution is 2.29. The fourth-order valence-electron chi connectivity index (χ4n) is 3.77. The molecule has 0 spiro atoms. The number of carbonyl (C=O) groups is 2. The molecule has 1 saturated heterocycles. The van der Waals surface area contributed by atoms with Crippen molar-refractivity contribution in [3.05, 3.63) is 0 Å². The molecule has 0 N–H and O–H groups in total. The Morgan fingerprint density at radius 3 is 2.21 bits per heavy atom. The lowest BCUT2D eigenvalue weighted by molar-refractivity contribution is -0.147. The van der Waals surface area contributed by atoms with Gasteiger partial charge in [-0.15, -0.1) is 0 Å². The standard InChI is InChI=1S/C19H33NO8S/c1-19(2,3)27-18(22)20-11-16(28-29(5,23)24)10-14(20)12-26-15-8-6-13(7-9-15)17(21)25-4/h13-16H,6-12H2,1-5H3/t13?,14-,15?,16+/m0/s1. The molecule has 0 aromatic rings. The number of nitrogens with zero attached hydrogens (tertiary/aromatic N) is 1. The smallest absolute Gasteiger partial charge is 0.410 e. The van der Waals surface area contributed by atoms with Crippen LogP contribution >= 0.6 is 0 Å². The van der Waals surface area contributed by atoms with Gasteiger partial charge in [-0.25, -0.2) is 4.79 Å². The number of hydrogen-bond acceptors (Lipinski definition) is 8. The Labute approximate surface area is 173 Å². The number of ether oxygens (including phenoxy) is 3. The van der Waals surface area contributed by atoms with Gasteiger partial charge in [0, 0.05) is 0 Å². The molecule has 2 fully saturated rings. The van der Waals surface area contributed by atoms with Crippen LogP contribution in [0.2, 0.25) is 0 Å². The highest BCUT2D eigenvalue weighted by molar-refractivity contribution is 7.86. The van der Waals surface area contributed by atoms with Crippen molar-refractivity contribution in [2.24, 2.45) is 5.92 Å². The van der Waals surface area contributed by atoms with Gasteiger partial charge in [0.05, 0.1) is 50.7 Å². The zero-order valence-electron chi connectivity index (χ0n) is 17.9.